The Morgan fingerprint density at radius 1 is 1.64 bits per heavy atom. The van der Waals surface area contributed by atoms with Crippen molar-refractivity contribution in [3.63, 3.8) is 0 Å². The van der Waals surface area contributed by atoms with Crippen LogP contribution in [0.5, 0.6) is 0 Å². The molecule has 0 spiro atoms. The predicted molar refractivity (Wildman–Crippen MR) is 62.5 cm³/mol. The highest BCUT2D eigenvalue weighted by molar-refractivity contribution is 7.12. The van der Waals surface area contributed by atoms with E-state index < -0.39 is 0 Å². The Morgan fingerprint density at radius 3 is 2.86 bits per heavy atom. The molecule has 0 saturated carbocycles. The van der Waals surface area contributed by atoms with Gasteiger partial charge < -0.3 is 4.90 Å². The van der Waals surface area contributed by atoms with E-state index in [1.807, 2.05) is 11.4 Å². The Balaban J connectivity index is 2.67. The van der Waals surface area contributed by atoms with Gasteiger partial charge in [-0.05, 0) is 19.4 Å². The Labute approximate surface area is 89.5 Å². The number of nitrogens with zero attached hydrogens (tertiary/aromatic N) is 1. The van der Waals surface area contributed by atoms with Crippen LogP contribution >= 0.6 is 11.3 Å². The molecule has 0 radical (unpaired) electrons. The van der Waals surface area contributed by atoms with Crippen molar-refractivity contribution in [3.05, 3.63) is 16.3 Å². The highest BCUT2D eigenvalue weighted by atomic mass is 32.1. The van der Waals surface area contributed by atoms with E-state index in [0.29, 0.717) is 6.04 Å². The number of anilines is 1. The molecule has 1 atom stereocenters. The van der Waals surface area contributed by atoms with E-state index in [-0.39, 0.29) is 0 Å². The lowest BCUT2D eigenvalue weighted by molar-refractivity contribution is 0.112. The molecule has 0 N–H and O–H groups in total. The third kappa shape index (κ3) is 2.58. The predicted octanol–water partition coefficient (Wildman–Crippen LogP) is 3.19. The molecule has 2 nitrogen and oxygen atoms in total. The van der Waals surface area contributed by atoms with Crippen LogP contribution in [-0.2, 0) is 0 Å². The molecular formula is C11H17NOS. The summed E-state index contributed by atoms with van der Waals surface area (Å²) in [6.45, 7) is 4.40. The van der Waals surface area contributed by atoms with Gasteiger partial charge in [-0.25, -0.2) is 0 Å². The van der Waals surface area contributed by atoms with Gasteiger partial charge in [0, 0.05) is 24.2 Å². The fourth-order valence-corrected chi connectivity index (χ4v) is 2.19. The summed E-state index contributed by atoms with van der Waals surface area (Å²) in [5.41, 5.74) is 1.15. The molecule has 1 aromatic rings. The molecule has 0 aromatic carbocycles. The number of hydrogen-bond acceptors (Lipinski definition) is 3. The minimum absolute atomic E-state index is 0.536. The van der Waals surface area contributed by atoms with Crippen molar-refractivity contribution < 1.29 is 4.79 Å². The SMILES string of the molecule is CCCC(C)N(C)c1csc(C=O)c1. The summed E-state index contributed by atoms with van der Waals surface area (Å²) in [5.74, 6) is 0. The molecule has 0 saturated heterocycles. The van der Waals surface area contributed by atoms with E-state index >= 15 is 0 Å². The van der Waals surface area contributed by atoms with Crippen LogP contribution in [-0.4, -0.2) is 19.4 Å². The van der Waals surface area contributed by atoms with Gasteiger partial charge in [-0.1, -0.05) is 13.3 Å². The fraction of sp³-hybridized carbons (Fsp3) is 0.545. The summed E-state index contributed by atoms with van der Waals surface area (Å²) in [6, 6.07) is 2.48. The van der Waals surface area contributed by atoms with Crippen LogP contribution in [0, 0.1) is 0 Å². The topological polar surface area (TPSA) is 20.3 Å². The lowest BCUT2D eigenvalue weighted by Crippen LogP contribution is -2.27. The normalized spacial score (nSPS) is 12.5. The van der Waals surface area contributed by atoms with Gasteiger partial charge in [0.2, 0.25) is 0 Å². The summed E-state index contributed by atoms with van der Waals surface area (Å²) in [7, 11) is 2.08. The maximum absolute atomic E-state index is 10.5. The van der Waals surface area contributed by atoms with Crippen molar-refractivity contribution >= 4 is 23.3 Å². The Hall–Kier alpha value is -0.830. The standard InChI is InChI=1S/C11H17NOS/c1-4-5-9(2)12(3)10-6-11(7-13)14-8-10/h6-9H,4-5H2,1-3H3. The molecule has 0 fully saturated rings. The summed E-state index contributed by atoms with van der Waals surface area (Å²) in [6.07, 6.45) is 3.28. The zero-order valence-corrected chi connectivity index (χ0v) is 9.80. The first-order valence-electron chi connectivity index (χ1n) is 4.95. The van der Waals surface area contributed by atoms with Gasteiger partial charge >= 0.3 is 0 Å². The van der Waals surface area contributed by atoms with Crippen LogP contribution in [0.15, 0.2) is 11.4 Å². The van der Waals surface area contributed by atoms with E-state index in [2.05, 4.69) is 25.8 Å². The molecule has 1 aromatic heterocycles. The lowest BCUT2D eigenvalue weighted by Gasteiger charge is -2.25. The van der Waals surface area contributed by atoms with Gasteiger partial charge in [-0.2, -0.15) is 0 Å². The number of carbonyl (C=O) groups excluding carboxylic acids is 1. The Bertz CT molecular complexity index is 295. The molecule has 0 aliphatic carbocycles. The zero-order chi connectivity index (χ0) is 10.6. The fourth-order valence-electron chi connectivity index (χ4n) is 1.45. The molecule has 14 heavy (non-hydrogen) atoms. The smallest absolute Gasteiger partial charge is 0.160 e. The van der Waals surface area contributed by atoms with Crippen molar-refractivity contribution in [1.82, 2.24) is 0 Å². The molecule has 0 bridgehead atoms. The molecule has 1 unspecified atom stereocenters. The zero-order valence-electron chi connectivity index (χ0n) is 8.99. The molecule has 0 amide bonds. The van der Waals surface area contributed by atoms with Crippen LogP contribution in [0.4, 0.5) is 5.69 Å². The number of thiophene rings is 1. The second kappa shape index (κ2) is 5.15. The number of rotatable bonds is 5. The summed E-state index contributed by atoms with van der Waals surface area (Å²) in [4.78, 5) is 13.6. The highest BCUT2D eigenvalue weighted by Gasteiger charge is 2.10. The van der Waals surface area contributed by atoms with Crippen LogP contribution in [0.1, 0.15) is 36.4 Å². The second-order valence-corrected chi connectivity index (χ2v) is 4.52. The number of carbonyl (C=O) groups is 1. The van der Waals surface area contributed by atoms with E-state index in [1.165, 1.54) is 24.2 Å². The first-order valence-corrected chi connectivity index (χ1v) is 5.83. The van der Waals surface area contributed by atoms with Crippen molar-refractivity contribution in [1.29, 1.82) is 0 Å². The maximum Gasteiger partial charge on any atom is 0.160 e. The quantitative estimate of drug-likeness (QED) is 0.697. The van der Waals surface area contributed by atoms with Crippen molar-refractivity contribution in [2.75, 3.05) is 11.9 Å². The Kier molecular flexibility index (Phi) is 4.14. The molecule has 1 rings (SSSR count). The van der Waals surface area contributed by atoms with Crippen LogP contribution in [0.2, 0.25) is 0 Å². The van der Waals surface area contributed by atoms with Crippen molar-refractivity contribution in [2.45, 2.75) is 32.7 Å². The van der Waals surface area contributed by atoms with Crippen LogP contribution < -0.4 is 4.90 Å². The van der Waals surface area contributed by atoms with Crippen molar-refractivity contribution in [2.24, 2.45) is 0 Å². The van der Waals surface area contributed by atoms with E-state index in [4.69, 9.17) is 0 Å². The van der Waals surface area contributed by atoms with Gasteiger partial charge in [-0.3, -0.25) is 4.79 Å². The number of hydrogen-bond donors (Lipinski definition) is 0. The van der Waals surface area contributed by atoms with Gasteiger partial charge in [0.05, 0.1) is 4.88 Å². The maximum atomic E-state index is 10.5. The third-order valence-corrected chi connectivity index (χ3v) is 3.34. The average Bonchev–Trinajstić information content (AvgIpc) is 2.65. The van der Waals surface area contributed by atoms with E-state index in [1.54, 1.807) is 0 Å². The third-order valence-electron chi connectivity index (χ3n) is 2.50. The lowest BCUT2D eigenvalue weighted by atomic mass is 10.1. The first-order chi connectivity index (χ1) is 6.69. The summed E-state index contributed by atoms with van der Waals surface area (Å²) >= 11 is 1.50. The monoisotopic (exact) mass is 211 g/mol. The molecule has 78 valence electrons. The summed E-state index contributed by atoms with van der Waals surface area (Å²) < 4.78 is 0. The largest absolute Gasteiger partial charge is 0.371 e. The van der Waals surface area contributed by atoms with Crippen LogP contribution in [0.25, 0.3) is 0 Å². The molecule has 3 heteroatoms. The molecule has 0 aliphatic heterocycles. The number of aldehydes is 1. The first kappa shape index (κ1) is 11.2. The van der Waals surface area contributed by atoms with E-state index in [0.717, 1.165) is 16.9 Å². The molecular weight excluding hydrogens is 194 g/mol. The Morgan fingerprint density at radius 2 is 2.36 bits per heavy atom. The average molecular weight is 211 g/mol. The van der Waals surface area contributed by atoms with Crippen molar-refractivity contribution in [3.8, 4) is 0 Å². The van der Waals surface area contributed by atoms with Gasteiger partial charge in [0.25, 0.3) is 0 Å². The minimum atomic E-state index is 0.536. The van der Waals surface area contributed by atoms with Gasteiger partial charge in [0.1, 0.15) is 0 Å². The highest BCUT2D eigenvalue weighted by Crippen LogP contribution is 2.23. The second-order valence-electron chi connectivity index (χ2n) is 3.57. The summed E-state index contributed by atoms with van der Waals surface area (Å²) in [5, 5.41) is 2.04. The minimum Gasteiger partial charge on any atom is -0.371 e. The van der Waals surface area contributed by atoms with E-state index in [9.17, 15) is 4.79 Å². The van der Waals surface area contributed by atoms with Gasteiger partial charge in [-0.15, -0.1) is 11.3 Å². The van der Waals surface area contributed by atoms with Gasteiger partial charge in [0.15, 0.2) is 6.29 Å². The molecule has 0 aliphatic rings. The van der Waals surface area contributed by atoms with Crippen LogP contribution in [0.3, 0.4) is 0 Å². The molecule has 1 heterocycles.